The molecule has 3 heterocycles. The summed E-state index contributed by atoms with van der Waals surface area (Å²) in [6.07, 6.45) is 0. The molecule has 1 N–H and O–H groups in total. The molecule has 11 heteroatoms. The highest BCUT2D eigenvalue weighted by Gasteiger charge is 2.49. The fourth-order valence-corrected chi connectivity index (χ4v) is 5.73. The topological polar surface area (TPSA) is 107 Å². The van der Waals surface area contributed by atoms with Crippen LogP contribution in [-0.4, -0.2) is 49.2 Å². The van der Waals surface area contributed by atoms with E-state index in [9.17, 15) is 19.1 Å². The molecule has 0 saturated carbocycles. The quantitative estimate of drug-likeness (QED) is 0.214. The van der Waals surface area contributed by atoms with Crippen LogP contribution in [0.2, 0.25) is 0 Å². The van der Waals surface area contributed by atoms with Crippen molar-refractivity contribution in [2.45, 2.75) is 6.04 Å². The number of aliphatic hydroxyl groups is 1. The van der Waals surface area contributed by atoms with Gasteiger partial charge in [0.1, 0.15) is 42.3 Å². The summed E-state index contributed by atoms with van der Waals surface area (Å²) in [5.41, 5.74) is 0.936. The number of hydrogen-bond donors (Lipinski definition) is 1. The van der Waals surface area contributed by atoms with Crippen LogP contribution in [0.3, 0.4) is 0 Å². The standard InChI is InChI=1S/C28H21FN2O7S/c1-35-16-5-8-19(36-2)17(13-16)24-23(25(32)14-3-7-20-21(11-14)38-10-9-37-20)26(33)27(34)31(24)28-30-18-6-4-15(29)12-22(18)39-28/h3-8,11-13,24,32H,9-10H2,1-2H3/b25-23+. The van der Waals surface area contributed by atoms with Crippen molar-refractivity contribution in [3.8, 4) is 23.0 Å². The summed E-state index contributed by atoms with van der Waals surface area (Å²) < 4.78 is 36.6. The Kier molecular flexibility index (Phi) is 6.07. The van der Waals surface area contributed by atoms with Gasteiger partial charge in [0.25, 0.3) is 5.78 Å². The van der Waals surface area contributed by atoms with Gasteiger partial charge in [-0.25, -0.2) is 9.37 Å². The molecule has 6 rings (SSSR count). The van der Waals surface area contributed by atoms with E-state index in [-0.39, 0.29) is 16.3 Å². The van der Waals surface area contributed by atoms with Gasteiger partial charge in [-0.1, -0.05) is 11.3 Å². The van der Waals surface area contributed by atoms with E-state index in [0.717, 1.165) is 11.3 Å². The van der Waals surface area contributed by atoms with Crippen molar-refractivity contribution in [1.29, 1.82) is 0 Å². The maximum atomic E-state index is 13.9. The Labute approximate surface area is 225 Å². The fraction of sp³-hybridized carbons (Fsp3) is 0.179. The van der Waals surface area contributed by atoms with Gasteiger partial charge in [0.05, 0.1) is 30.0 Å². The van der Waals surface area contributed by atoms with Gasteiger partial charge < -0.3 is 24.1 Å². The average Bonchev–Trinajstić information content (AvgIpc) is 3.49. The molecule has 2 aliphatic rings. The van der Waals surface area contributed by atoms with Gasteiger partial charge in [-0.05, 0) is 54.6 Å². The molecule has 39 heavy (non-hydrogen) atoms. The van der Waals surface area contributed by atoms with E-state index in [1.54, 1.807) is 36.4 Å². The van der Waals surface area contributed by atoms with Crippen molar-refractivity contribution in [2.24, 2.45) is 0 Å². The van der Waals surface area contributed by atoms with Crippen LogP contribution in [0.4, 0.5) is 9.52 Å². The molecular weight excluding hydrogens is 527 g/mol. The number of ketones is 1. The number of fused-ring (bicyclic) bond motifs is 2. The average molecular weight is 549 g/mol. The van der Waals surface area contributed by atoms with Crippen LogP contribution in [0.5, 0.6) is 23.0 Å². The van der Waals surface area contributed by atoms with E-state index in [1.807, 2.05) is 0 Å². The molecule has 3 aromatic carbocycles. The molecule has 1 saturated heterocycles. The summed E-state index contributed by atoms with van der Waals surface area (Å²) in [7, 11) is 2.94. The van der Waals surface area contributed by atoms with Crippen LogP contribution in [0.25, 0.3) is 16.0 Å². The second-order valence-corrected chi connectivity index (χ2v) is 9.75. The van der Waals surface area contributed by atoms with Crippen molar-refractivity contribution < 1.29 is 38.0 Å². The Morgan fingerprint density at radius 3 is 2.59 bits per heavy atom. The smallest absolute Gasteiger partial charge is 0.301 e. The number of benzene rings is 3. The van der Waals surface area contributed by atoms with Crippen LogP contribution >= 0.6 is 11.3 Å². The van der Waals surface area contributed by atoms with Crippen LogP contribution in [-0.2, 0) is 9.59 Å². The number of aliphatic hydroxyl groups excluding tert-OH is 1. The molecule has 9 nitrogen and oxygen atoms in total. The second-order valence-electron chi connectivity index (χ2n) is 8.74. The number of methoxy groups -OCH3 is 2. The van der Waals surface area contributed by atoms with Gasteiger partial charge in [0, 0.05) is 11.1 Å². The van der Waals surface area contributed by atoms with E-state index in [2.05, 4.69) is 4.98 Å². The third-order valence-electron chi connectivity index (χ3n) is 6.54. The Morgan fingerprint density at radius 1 is 1.03 bits per heavy atom. The molecule has 2 aliphatic heterocycles. The fourth-order valence-electron chi connectivity index (χ4n) is 4.71. The first kappa shape index (κ1) is 24.7. The van der Waals surface area contributed by atoms with E-state index >= 15 is 0 Å². The van der Waals surface area contributed by atoms with Crippen LogP contribution in [0, 0.1) is 5.82 Å². The summed E-state index contributed by atoms with van der Waals surface area (Å²) in [5.74, 6) is -0.963. The lowest BCUT2D eigenvalue weighted by Gasteiger charge is -2.25. The minimum Gasteiger partial charge on any atom is -0.507 e. The van der Waals surface area contributed by atoms with Gasteiger partial charge in [-0.3, -0.25) is 14.5 Å². The predicted octanol–water partition coefficient (Wildman–Crippen LogP) is 4.85. The predicted molar refractivity (Wildman–Crippen MR) is 141 cm³/mol. The maximum Gasteiger partial charge on any atom is 0.301 e. The molecule has 1 unspecified atom stereocenters. The van der Waals surface area contributed by atoms with Crippen molar-refractivity contribution in [3.63, 3.8) is 0 Å². The monoisotopic (exact) mass is 548 g/mol. The molecule has 0 bridgehead atoms. The minimum atomic E-state index is -1.13. The molecule has 1 atom stereocenters. The first-order valence-electron chi connectivity index (χ1n) is 11.9. The second kappa shape index (κ2) is 9.59. The Morgan fingerprint density at radius 2 is 1.82 bits per heavy atom. The highest BCUT2D eigenvalue weighted by atomic mass is 32.1. The molecule has 0 aliphatic carbocycles. The molecule has 1 aromatic heterocycles. The number of halogens is 1. The Hall–Kier alpha value is -4.64. The number of rotatable bonds is 5. The summed E-state index contributed by atoms with van der Waals surface area (Å²) in [6.45, 7) is 0.728. The van der Waals surface area contributed by atoms with Crippen LogP contribution in [0.1, 0.15) is 17.2 Å². The third-order valence-corrected chi connectivity index (χ3v) is 7.55. The molecule has 0 spiro atoms. The Bertz CT molecular complexity index is 1680. The summed E-state index contributed by atoms with van der Waals surface area (Å²) >= 11 is 1.05. The molecule has 1 fully saturated rings. The number of nitrogens with zero attached hydrogens (tertiary/aromatic N) is 2. The number of carbonyl (C=O) groups is 2. The number of thiazole rings is 1. The number of hydrogen-bond acceptors (Lipinski definition) is 9. The lowest BCUT2D eigenvalue weighted by atomic mass is 9.94. The SMILES string of the molecule is COc1ccc(OC)c(C2/C(=C(\O)c3ccc4c(c3)OCCO4)C(=O)C(=O)N2c2nc3ccc(F)cc3s2)c1. The van der Waals surface area contributed by atoms with E-state index in [0.29, 0.717) is 52.0 Å². The highest BCUT2D eigenvalue weighted by Crippen LogP contribution is 2.48. The Balaban J connectivity index is 1.59. The number of ether oxygens (including phenoxy) is 4. The molecule has 4 aromatic rings. The number of Topliss-reactive ketones (excluding diaryl/α,β-unsaturated/α-hetero) is 1. The molecule has 1 amide bonds. The number of amides is 1. The van der Waals surface area contributed by atoms with Crippen molar-refractivity contribution in [3.05, 3.63) is 77.1 Å². The first-order chi connectivity index (χ1) is 18.9. The summed E-state index contributed by atoms with van der Waals surface area (Å²) in [6, 6.07) is 12.7. The van der Waals surface area contributed by atoms with Crippen molar-refractivity contribution in [2.75, 3.05) is 32.3 Å². The summed E-state index contributed by atoms with van der Waals surface area (Å²) in [4.78, 5) is 32.9. The molecular formula is C28H21FN2O7S. The van der Waals surface area contributed by atoms with Gasteiger partial charge in [0.2, 0.25) is 0 Å². The first-order valence-corrected chi connectivity index (χ1v) is 12.7. The van der Waals surface area contributed by atoms with Gasteiger partial charge >= 0.3 is 5.91 Å². The largest absolute Gasteiger partial charge is 0.507 e. The number of carbonyl (C=O) groups excluding carboxylic acids is 2. The number of anilines is 1. The zero-order valence-electron chi connectivity index (χ0n) is 20.8. The zero-order chi connectivity index (χ0) is 27.3. The zero-order valence-corrected chi connectivity index (χ0v) is 21.6. The van der Waals surface area contributed by atoms with E-state index in [4.69, 9.17) is 18.9 Å². The molecule has 0 radical (unpaired) electrons. The van der Waals surface area contributed by atoms with Crippen LogP contribution < -0.4 is 23.8 Å². The van der Waals surface area contributed by atoms with Gasteiger partial charge in [-0.15, -0.1) is 0 Å². The van der Waals surface area contributed by atoms with Crippen molar-refractivity contribution >= 4 is 44.1 Å². The van der Waals surface area contributed by atoms with Crippen LogP contribution in [0.15, 0.2) is 60.2 Å². The highest BCUT2D eigenvalue weighted by molar-refractivity contribution is 7.22. The lowest BCUT2D eigenvalue weighted by Crippen LogP contribution is -2.29. The lowest BCUT2D eigenvalue weighted by molar-refractivity contribution is -0.132. The van der Waals surface area contributed by atoms with Crippen molar-refractivity contribution in [1.82, 2.24) is 4.98 Å². The van der Waals surface area contributed by atoms with Gasteiger partial charge in [0.15, 0.2) is 16.6 Å². The van der Waals surface area contributed by atoms with E-state index < -0.39 is 29.3 Å². The molecule has 198 valence electrons. The van der Waals surface area contributed by atoms with Gasteiger partial charge in [-0.2, -0.15) is 0 Å². The van der Waals surface area contributed by atoms with E-state index in [1.165, 1.54) is 37.3 Å². The third kappa shape index (κ3) is 4.11. The number of aromatic nitrogens is 1. The summed E-state index contributed by atoms with van der Waals surface area (Å²) in [5, 5.41) is 11.7. The maximum absolute atomic E-state index is 13.9. The normalized spacial score (nSPS) is 18.0. The minimum absolute atomic E-state index is 0.161.